The van der Waals surface area contributed by atoms with Crippen molar-refractivity contribution in [1.29, 1.82) is 0 Å². The van der Waals surface area contributed by atoms with Gasteiger partial charge in [0.2, 0.25) is 0 Å². The minimum Gasteiger partial charge on any atom is -0.347 e. The number of benzene rings is 1. The Morgan fingerprint density at radius 2 is 1.89 bits per heavy atom. The van der Waals surface area contributed by atoms with Crippen molar-refractivity contribution in [2.24, 2.45) is 7.05 Å². The Balaban J connectivity index is 2.16. The van der Waals surface area contributed by atoms with Gasteiger partial charge >= 0.3 is 0 Å². The molecule has 0 aliphatic rings. The van der Waals surface area contributed by atoms with Crippen LogP contribution in [0, 0.1) is 0 Å². The lowest BCUT2D eigenvalue weighted by Crippen LogP contribution is -2.02. The van der Waals surface area contributed by atoms with Gasteiger partial charge in [-0.1, -0.05) is 48.9 Å². The van der Waals surface area contributed by atoms with Gasteiger partial charge in [-0.3, -0.25) is 0 Å². The zero-order valence-corrected chi connectivity index (χ0v) is 11.7. The molecule has 0 spiro atoms. The van der Waals surface area contributed by atoms with Gasteiger partial charge in [0.25, 0.3) is 0 Å². The summed E-state index contributed by atoms with van der Waals surface area (Å²) in [7, 11) is 2.08. The molecule has 2 nitrogen and oxygen atoms in total. The molecular formula is C16H15ClN2. The Morgan fingerprint density at radius 1 is 1.16 bits per heavy atom. The molecule has 3 heteroatoms. The SMILES string of the molecule is CC(c1ccccc1)c1cc2c(Cl)nccc2n1C. The minimum absolute atomic E-state index is 0.328. The third kappa shape index (κ3) is 2.02. The average molecular weight is 271 g/mol. The van der Waals surface area contributed by atoms with Gasteiger partial charge in [-0.15, -0.1) is 0 Å². The molecule has 0 radical (unpaired) electrons. The summed E-state index contributed by atoms with van der Waals surface area (Å²) in [4.78, 5) is 4.15. The summed E-state index contributed by atoms with van der Waals surface area (Å²) < 4.78 is 2.19. The molecule has 0 aliphatic heterocycles. The molecule has 0 saturated carbocycles. The molecule has 1 atom stereocenters. The molecule has 19 heavy (non-hydrogen) atoms. The molecule has 0 amide bonds. The summed E-state index contributed by atoms with van der Waals surface area (Å²) in [6, 6.07) is 14.6. The van der Waals surface area contributed by atoms with Crippen molar-refractivity contribution in [2.75, 3.05) is 0 Å². The van der Waals surface area contributed by atoms with Gasteiger partial charge in [0.15, 0.2) is 0 Å². The number of aryl methyl sites for hydroxylation is 1. The largest absolute Gasteiger partial charge is 0.347 e. The summed E-state index contributed by atoms with van der Waals surface area (Å²) in [6.07, 6.45) is 1.75. The van der Waals surface area contributed by atoms with Crippen LogP contribution in [0.25, 0.3) is 10.9 Å². The molecule has 3 rings (SSSR count). The van der Waals surface area contributed by atoms with Crippen LogP contribution in [0.3, 0.4) is 0 Å². The highest BCUT2D eigenvalue weighted by atomic mass is 35.5. The van der Waals surface area contributed by atoms with Crippen molar-refractivity contribution >= 4 is 22.5 Å². The number of pyridine rings is 1. The van der Waals surface area contributed by atoms with Crippen molar-refractivity contribution < 1.29 is 0 Å². The molecule has 3 aromatic rings. The first-order chi connectivity index (χ1) is 9.18. The van der Waals surface area contributed by atoms with Gasteiger partial charge in [-0.2, -0.15) is 0 Å². The van der Waals surface area contributed by atoms with Crippen molar-refractivity contribution in [3.63, 3.8) is 0 Å². The second-order valence-electron chi connectivity index (χ2n) is 4.80. The third-order valence-electron chi connectivity index (χ3n) is 3.70. The summed E-state index contributed by atoms with van der Waals surface area (Å²) in [6.45, 7) is 2.21. The normalized spacial score (nSPS) is 12.8. The highest BCUT2D eigenvalue weighted by molar-refractivity contribution is 6.34. The van der Waals surface area contributed by atoms with E-state index >= 15 is 0 Å². The fraction of sp³-hybridized carbons (Fsp3) is 0.188. The monoisotopic (exact) mass is 270 g/mol. The predicted molar refractivity (Wildman–Crippen MR) is 79.7 cm³/mol. The van der Waals surface area contributed by atoms with Crippen LogP contribution in [0.2, 0.25) is 5.15 Å². The van der Waals surface area contributed by atoms with Crippen LogP contribution in [0.4, 0.5) is 0 Å². The van der Waals surface area contributed by atoms with Gasteiger partial charge in [0, 0.05) is 30.2 Å². The smallest absolute Gasteiger partial charge is 0.138 e. The Bertz CT molecular complexity index is 716. The van der Waals surface area contributed by atoms with Crippen LogP contribution >= 0.6 is 11.6 Å². The van der Waals surface area contributed by atoms with Crippen LogP contribution in [0.5, 0.6) is 0 Å². The van der Waals surface area contributed by atoms with Gasteiger partial charge < -0.3 is 4.57 Å². The number of rotatable bonds is 2. The van der Waals surface area contributed by atoms with Crippen LogP contribution in [0.15, 0.2) is 48.7 Å². The predicted octanol–water partition coefficient (Wildman–Crippen LogP) is 4.38. The molecule has 0 N–H and O–H groups in total. The van der Waals surface area contributed by atoms with Crippen molar-refractivity contribution in [3.8, 4) is 0 Å². The standard InChI is InChI=1S/C16H15ClN2/c1-11(12-6-4-3-5-7-12)15-10-13-14(19(15)2)8-9-18-16(13)17/h3-11H,1-2H3. The first-order valence-corrected chi connectivity index (χ1v) is 6.71. The topological polar surface area (TPSA) is 17.8 Å². The molecule has 0 fully saturated rings. The van der Waals surface area contributed by atoms with Gasteiger partial charge in [0.05, 0.1) is 5.52 Å². The molecule has 1 aromatic carbocycles. The fourth-order valence-electron chi connectivity index (χ4n) is 2.58. The Morgan fingerprint density at radius 3 is 2.58 bits per heavy atom. The highest BCUT2D eigenvalue weighted by Gasteiger charge is 2.15. The molecule has 2 heterocycles. The van der Waals surface area contributed by atoms with E-state index in [0.717, 1.165) is 10.9 Å². The number of fused-ring (bicyclic) bond motifs is 1. The quantitative estimate of drug-likeness (QED) is 0.632. The summed E-state index contributed by atoms with van der Waals surface area (Å²) >= 11 is 6.17. The third-order valence-corrected chi connectivity index (χ3v) is 4.00. The molecule has 96 valence electrons. The Labute approximate surface area is 117 Å². The summed E-state index contributed by atoms with van der Waals surface area (Å²) in [5.41, 5.74) is 3.67. The maximum absolute atomic E-state index is 6.17. The van der Waals surface area contributed by atoms with Gasteiger partial charge in [-0.05, 0) is 17.7 Å². The maximum Gasteiger partial charge on any atom is 0.138 e. The number of halogens is 1. The number of aromatic nitrogens is 2. The maximum atomic E-state index is 6.17. The summed E-state index contributed by atoms with van der Waals surface area (Å²) in [5, 5.41) is 1.59. The van der Waals surface area contributed by atoms with Gasteiger partial charge in [-0.25, -0.2) is 4.98 Å². The van der Waals surface area contributed by atoms with E-state index in [0.29, 0.717) is 11.1 Å². The number of hydrogen-bond acceptors (Lipinski definition) is 1. The highest BCUT2D eigenvalue weighted by Crippen LogP contribution is 2.31. The van der Waals surface area contributed by atoms with Crippen LogP contribution in [0.1, 0.15) is 24.1 Å². The van der Waals surface area contributed by atoms with Crippen LogP contribution in [-0.4, -0.2) is 9.55 Å². The zero-order chi connectivity index (χ0) is 13.4. The molecule has 0 saturated heterocycles. The van der Waals surface area contributed by atoms with Gasteiger partial charge in [0.1, 0.15) is 5.15 Å². The molecule has 2 aromatic heterocycles. The molecule has 0 bridgehead atoms. The van der Waals surface area contributed by atoms with Crippen molar-refractivity contribution in [2.45, 2.75) is 12.8 Å². The van der Waals surface area contributed by atoms with E-state index in [1.165, 1.54) is 11.3 Å². The first-order valence-electron chi connectivity index (χ1n) is 6.33. The second kappa shape index (κ2) is 4.71. The number of hydrogen-bond donors (Lipinski definition) is 0. The van der Waals surface area contributed by atoms with Crippen molar-refractivity contribution in [3.05, 3.63) is 65.1 Å². The number of nitrogens with zero attached hydrogens (tertiary/aromatic N) is 2. The first kappa shape index (κ1) is 12.2. The Hall–Kier alpha value is -1.80. The molecule has 0 aliphatic carbocycles. The lowest BCUT2D eigenvalue weighted by molar-refractivity contribution is 0.787. The molecule has 1 unspecified atom stereocenters. The average Bonchev–Trinajstić information content (AvgIpc) is 2.78. The lowest BCUT2D eigenvalue weighted by atomic mass is 9.98. The van der Waals surface area contributed by atoms with Crippen molar-refractivity contribution in [1.82, 2.24) is 9.55 Å². The van der Waals surface area contributed by atoms with E-state index in [4.69, 9.17) is 11.6 Å². The van der Waals surface area contributed by atoms with E-state index in [1.807, 2.05) is 12.1 Å². The minimum atomic E-state index is 0.328. The second-order valence-corrected chi connectivity index (χ2v) is 5.15. The molecular weight excluding hydrogens is 256 g/mol. The van der Waals surface area contributed by atoms with E-state index in [9.17, 15) is 0 Å². The lowest BCUT2D eigenvalue weighted by Gasteiger charge is -2.13. The van der Waals surface area contributed by atoms with E-state index < -0.39 is 0 Å². The fourth-order valence-corrected chi connectivity index (χ4v) is 2.78. The summed E-state index contributed by atoms with van der Waals surface area (Å²) in [5.74, 6) is 0.328. The zero-order valence-electron chi connectivity index (χ0n) is 11.0. The van der Waals surface area contributed by atoms with E-state index in [-0.39, 0.29) is 0 Å². The van der Waals surface area contributed by atoms with Crippen LogP contribution < -0.4 is 0 Å². The van der Waals surface area contributed by atoms with E-state index in [1.54, 1.807) is 6.20 Å². The Kier molecular flexibility index (Phi) is 3.03. The van der Waals surface area contributed by atoms with E-state index in [2.05, 4.69) is 53.9 Å². The van der Waals surface area contributed by atoms with Crippen LogP contribution in [-0.2, 0) is 7.05 Å².